The maximum Gasteiger partial charge on any atom is 0.277 e. The van der Waals surface area contributed by atoms with Crippen molar-refractivity contribution in [2.45, 2.75) is 6.54 Å². The number of halogens is 1. The number of benzene rings is 2. The zero-order valence-electron chi connectivity index (χ0n) is 17.4. The summed E-state index contributed by atoms with van der Waals surface area (Å²) in [5, 5.41) is 5.52. The van der Waals surface area contributed by atoms with E-state index >= 15 is 0 Å². The van der Waals surface area contributed by atoms with E-state index in [9.17, 15) is 9.59 Å². The molecule has 0 bridgehead atoms. The summed E-state index contributed by atoms with van der Waals surface area (Å²) in [5.41, 5.74) is 4.18. The third-order valence-electron chi connectivity index (χ3n) is 5.05. The van der Waals surface area contributed by atoms with Crippen molar-refractivity contribution in [3.05, 3.63) is 65.3 Å². The van der Waals surface area contributed by atoms with E-state index in [0.29, 0.717) is 37.1 Å². The molecule has 0 spiro atoms. The number of rotatable bonds is 7. The first-order valence-corrected chi connectivity index (χ1v) is 10.6. The van der Waals surface area contributed by atoms with Gasteiger partial charge in [0.15, 0.2) is 6.61 Å². The highest BCUT2D eigenvalue weighted by atomic mass is 35.5. The Morgan fingerprint density at radius 2 is 1.97 bits per heavy atom. The average molecular weight is 455 g/mol. The van der Waals surface area contributed by atoms with Crippen molar-refractivity contribution in [2.24, 2.45) is 5.10 Å². The van der Waals surface area contributed by atoms with Crippen LogP contribution in [0.4, 0.5) is 0 Å². The molecule has 0 atom stereocenters. The van der Waals surface area contributed by atoms with E-state index in [1.54, 1.807) is 30.5 Å². The van der Waals surface area contributed by atoms with Gasteiger partial charge >= 0.3 is 0 Å². The molecule has 2 heterocycles. The van der Waals surface area contributed by atoms with Crippen molar-refractivity contribution in [3.63, 3.8) is 0 Å². The number of amides is 2. The van der Waals surface area contributed by atoms with Crippen LogP contribution in [0.2, 0.25) is 5.02 Å². The second-order valence-corrected chi connectivity index (χ2v) is 7.70. The fraction of sp³-hybridized carbons (Fsp3) is 0.261. The van der Waals surface area contributed by atoms with Crippen molar-refractivity contribution < 1.29 is 19.1 Å². The standard InChI is InChI=1S/C23H23ClN4O4/c24-18-4-3-5-19(12-18)32-16-22(29)26-25-13-17-14-28(21-7-2-1-6-20(17)21)15-23(30)27-8-10-31-11-9-27/h1-7,12-14H,8-11,15-16H2,(H,26,29). The number of nitrogens with one attached hydrogen (secondary N) is 1. The van der Waals surface area contributed by atoms with Gasteiger partial charge in [-0.3, -0.25) is 9.59 Å². The number of nitrogens with zero attached hydrogens (tertiary/aromatic N) is 3. The van der Waals surface area contributed by atoms with Crippen molar-refractivity contribution in [1.82, 2.24) is 14.9 Å². The lowest BCUT2D eigenvalue weighted by atomic mass is 10.2. The first-order chi connectivity index (χ1) is 15.6. The largest absolute Gasteiger partial charge is 0.484 e. The number of fused-ring (bicyclic) bond motifs is 1. The summed E-state index contributed by atoms with van der Waals surface area (Å²) < 4.78 is 12.6. The van der Waals surface area contributed by atoms with Crippen molar-refractivity contribution in [3.8, 4) is 5.75 Å². The van der Waals surface area contributed by atoms with Gasteiger partial charge < -0.3 is 18.9 Å². The highest BCUT2D eigenvalue weighted by molar-refractivity contribution is 6.30. The van der Waals surface area contributed by atoms with Crippen molar-refractivity contribution >= 4 is 40.5 Å². The van der Waals surface area contributed by atoms with Gasteiger partial charge in [0.25, 0.3) is 5.91 Å². The lowest BCUT2D eigenvalue weighted by Crippen LogP contribution is -2.42. The minimum atomic E-state index is -0.396. The van der Waals surface area contributed by atoms with Gasteiger partial charge in [0, 0.05) is 40.8 Å². The number of aromatic nitrogens is 1. The monoisotopic (exact) mass is 454 g/mol. The van der Waals surface area contributed by atoms with Crippen LogP contribution in [-0.4, -0.2) is 60.4 Å². The molecule has 166 valence electrons. The molecule has 1 N–H and O–H groups in total. The molecule has 2 amide bonds. The first-order valence-electron chi connectivity index (χ1n) is 10.2. The van der Waals surface area contributed by atoms with E-state index in [1.165, 1.54) is 0 Å². The van der Waals surface area contributed by atoms with Crippen LogP contribution < -0.4 is 10.2 Å². The second-order valence-electron chi connectivity index (χ2n) is 7.26. The van der Waals surface area contributed by atoms with E-state index in [2.05, 4.69) is 10.5 Å². The highest BCUT2D eigenvalue weighted by Crippen LogP contribution is 2.20. The Hall–Kier alpha value is -3.36. The SMILES string of the molecule is O=C(COc1cccc(Cl)c1)NN=Cc1cn(CC(=O)N2CCOCC2)c2ccccc12. The summed E-state index contributed by atoms with van der Waals surface area (Å²) in [6, 6.07) is 14.6. The maximum atomic E-state index is 12.7. The number of hydrogen-bond donors (Lipinski definition) is 1. The van der Waals surface area contributed by atoms with Crippen LogP contribution in [-0.2, 0) is 20.9 Å². The molecule has 1 aromatic heterocycles. The van der Waals surface area contributed by atoms with Crippen LogP contribution in [0.5, 0.6) is 5.75 Å². The summed E-state index contributed by atoms with van der Waals surface area (Å²) in [7, 11) is 0. The molecule has 9 heteroatoms. The molecule has 0 saturated carbocycles. The van der Waals surface area contributed by atoms with Crippen molar-refractivity contribution in [2.75, 3.05) is 32.9 Å². The van der Waals surface area contributed by atoms with Crippen LogP contribution in [0.1, 0.15) is 5.56 Å². The first kappa shape index (κ1) is 21.9. The third-order valence-corrected chi connectivity index (χ3v) is 5.28. The Kier molecular flexibility index (Phi) is 7.03. The Labute approximate surface area is 190 Å². The molecule has 1 aliphatic heterocycles. The van der Waals surface area contributed by atoms with Crippen LogP contribution >= 0.6 is 11.6 Å². The van der Waals surface area contributed by atoms with Crippen LogP contribution in [0.15, 0.2) is 59.8 Å². The second kappa shape index (κ2) is 10.3. The summed E-state index contributed by atoms with van der Waals surface area (Å²) in [5.74, 6) is 0.154. The molecule has 2 aromatic carbocycles. The number of carbonyl (C=O) groups is 2. The normalized spacial score (nSPS) is 14.1. The summed E-state index contributed by atoms with van der Waals surface area (Å²) >= 11 is 5.90. The molecule has 1 fully saturated rings. The van der Waals surface area contributed by atoms with E-state index in [4.69, 9.17) is 21.1 Å². The predicted octanol–water partition coefficient (Wildman–Crippen LogP) is 2.68. The van der Waals surface area contributed by atoms with E-state index in [0.717, 1.165) is 16.5 Å². The fourth-order valence-corrected chi connectivity index (χ4v) is 3.66. The van der Waals surface area contributed by atoms with E-state index < -0.39 is 5.91 Å². The van der Waals surface area contributed by atoms with Gasteiger partial charge in [-0.25, -0.2) is 5.43 Å². The van der Waals surface area contributed by atoms with Gasteiger partial charge in [-0.2, -0.15) is 5.10 Å². The van der Waals surface area contributed by atoms with Gasteiger partial charge in [-0.15, -0.1) is 0 Å². The lowest BCUT2D eigenvalue weighted by molar-refractivity contribution is -0.135. The average Bonchev–Trinajstić information content (AvgIpc) is 3.16. The summed E-state index contributed by atoms with van der Waals surface area (Å²) in [6.07, 6.45) is 3.43. The molecule has 4 rings (SSSR count). The topological polar surface area (TPSA) is 85.2 Å². The van der Waals surface area contributed by atoms with Crippen LogP contribution in [0, 0.1) is 0 Å². The summed E-state index contributed by atoms with van der Waals surface area (Å²) in [4.78, 5) is 26.5. The zero-order valence-corrected chi connectivity index (χ0v) is 18.1. The molecule has 1 aliphatic rings. The number of morpholine rings is 1. The number of carbonyl (C=O) groups excluding carboxylic acids is 2. The molecule has 32 heavy (non-hydrogen) atoms. The third kappa shape index (κ3) is 5.46. The summed E-state index contributed by atoms with van der Waals surface area (Å²) in [6.45, 7) is 2.39. The Bertz CT molecular complexity index is 1140. The van der Waals surface area contributed by atoms with Gasteiger partial charge in [0.1, 0.15) is 12.3 Å². The molecule has 0 radical (unpaired) electrons. The molecule has 3 aromatic rings. The Morgan fingerprint density at radius 1 is 1.16 bits per heavy atom. The predicted molar refractivity (Wildman–Crippen MR) is 122 cm³/mol. The van der Waals surface area contributed by atoms with Gasteiger partial charge in [0.2, 0.25) is 5.91 Å². The van der Waals surface area contributed by atoms with Gasteiger partial charge in [-0.05, 0) is 24.3 Å². The Morgan fingerprint density at radius 3 is 2.78 bits per heavy atom. The van der Waals surface area contributed by atoms with Crippen LogP contribution in [0.25, 0.3) is 10.9 Å². The minimum Gasteiger partial charge on any atom is -0.484 e. The maximum absolute atomic E-state index is 12.7. The molecule has 0 aliphatic carbocycles. The number of ether oxygens (including phenoxy) is 2. The molecule has 0 unspecified atom stereocenters. The van der Waals surface area contributed by atoms with Crippen molar-refractivity contribution in [1.29, 1.82) is 0 Å². The van der Waals surface area contributed by atoms with Crippen LogP contribution in [0.3, 0.4) is 0 Å². The van der Waals surface area contributed by atoms with Gasteiger partial charge in [0.05, 0.1) is 19.4 Å². The fourth-order valence-electron chi connectivity index (χ4n) is 3.48. The molecular weight excluding hydrogens is 432 g/mol. The molecule has 8 nitrogen and oxygen atoms in total. The smallest absolute Gasteiger partial charge is 0.277 e. The van der Waals surface area contributed by atoms with E-state index in [-0.39, 0.29) is 19.1 Å². The minimum absolute atomic E-state index is 0.0454. The zero-order chi connectivity index (χ0) is 22.3. The number of para-hydroxylation sites is 1. The molecule has 1 saturated heterocycles. The lowest BCUT2D eigenvalue weighted by Gasteiger charge is -2.27. The van der Waals surface area contributed by atoms with Gasteiger partial charge in [-0.1, -0.05) is 35.9 Å². The van der Waals surface area contributed by atoms with E-state index in [1.807, 2.05) is 39.9 Å². The molecular formula is C23H23ClN4O4. The number of hydrazone groups is 1. The quantitative estimate of drug-likeness (QED) is 0.439. The highest BCUT2D eigenvalue weighted by Gasteiger charge is 2.18. The Balaban J connectivity index is 1.39. The number of hydrogen-bond acceptors (Lipinski definition) is 5.